The van der Waals surface area contributed by atoms with Gasteiger partial charge in [0.2, 0.25) is 0 Å². The number of hydrogen-bond acceptors (Lipinski definition) is 6. The van der Waals surface area contributed by atoms with Gasteiger partial charge in [-0.15, -0.1) is 0 Å². The lowest BCUT2D eigenvalue weighted by Gasteiger charge is -2.16. The fraction of sp³-hybridized carbons (Fsp3) is 0.312. The zero-order valence-electron chi connectivity index (χ0n) is 13.4. The van der Waals surface area contributed by atoms with E-state index in [4.69, 9.17) is 28.9 Å². The quantitative estimate of drug-likeness (QED) is 0.591. The van der Waals surface area contributed by atoms with E-state index in [1.54, 1.807) is 6.07 Å². The predicted molar refractivity (Wildman–Crippen MR) is 99.9 cm³/mol. The molecule has 7 nitrogen and oxygen atoms in total. The molecule has 2 aromatic rings. The lowest BCUT2D eigenvalue weighted by atomic mass is 10.2. The minimum absolute atomic E-state index is 0.256. The molecule has 1 heterocycles. The minimum Gasteiger partial charge on any atom is -0.393 e. The van der Waals surface area contributed by atoms with Gasteiger partial charge >= 0.3 is 0 Å². The molecule has 5 N–H and O–H groups in total. The zero-order valence-corrected chi connectivity index (χ0v) is 14.9. The molecule has 1 fully saturated rings. The number of anilines is 3. The van der Waals surface area contributed by atoms with Gasteiger partial charge in [-0.2, -0.15) is 0 Å². The van der Waals surface area contributed by atoms with Crippen molar-refractivity contribution in [3.63, 3.8) is 0 Å². The number of nitrogen functional groups attached to an aromatic ring is 1. The molecule has 0 atom stereocenters. The predicted octanol–water partition coefficient (Wildman–Crippen LogP) is 3.48. The van der Waals surface area contributed by atoms with Crippen molar-refractivity contribution in [3.8, 4) is 0 Å². The van der Waals surface area contributed by atoms with E-state index in [0.717, 1.165) is 12.8 Å². The summed E-state index contributed by atoms with van der Waals surface area (Å²) in [6, 6.07) is 5.00. The van der Waals surface area contributed by atoms with Crippen LogP contribution in [0.1, 0.15) is 36.0 Å². The first-order valence-electron chi connectivity index (χ1n) is 7.93. The van der Waals surface area contributed by atoms with Crippen molar-refractivity contribution in [1.82, 2.24) is 15.4 Å². The smallest absolute Gasteiger partial charge is 0.271 e. The Hall–Kier alpha value is -2.25. The molecule has 0 radical (unpaired) electrons. The summed E-state index contributed by atoms with van der Waals surface area (Å²) in [6.45, 7) is 0. The summed E-state index contributed by atoms with van der Waals surface area (Å²) >= 11 is 11.9. The molecule has 132 valence electrons. The molecule has 0 saturated heterocycles. The van der Waals surface area contributed by atoms with Crippen molar-refractivity contribution in [2.24, 2.45) is 0 Å². The number of halogens is 2. The monoisotopic (exact) mass is 380 g/mol. The molecule has 9 heteroatoms. The first-order valence-corrected chi connectivity index (χ1v) is 8.68. The summed E-state index contributed by atoms with van der Waals surface area (Å²) in [6.07, 6.45) is 5.98. The Balaban J connectivity index is 1.67. The van der Waals surface area contributed by atoms with Crippen molar-refractivity contribution < 1.29 is 4.79 Å². The Bertz CT molecular complexity index is 779. The van der Waals surface area contributed by atoms with Gasteiger partial charge in [-0.3, -0.25) is 15.6 Å². The third-order valence-corrected chi connectivity index (χ3v) is 4.60. The average molecular weight is 381 g/mol. The second kappa shape index (κ2) is 7.76. The van der Waals surface area contributed by atoms with E-state index in [1.807, 2.05) is 0 Å². The highest BCUT2D eigenvalue weighted by Gasteiger charge is 2.18. The van der Waals surface area contributed by atoms with Gasteiger partial charge in [-0.05, 0) is 31.0 Å². The van der Waals surface area contributed by atoms with Crippen LogP contribution in [0.4, 0.5) is 17.3 Å². The maximum absolute atomic E-state index is 12.2. The summed E-state index contributed by atoms with van der Waals surface area (Å²) in [4.78, 5) is 20.5. The van der Waals surface area contributed by atoms with Crippen LogP contribution in [-0.2, 0) is 0 Å². The van der Waals surface area contributed by atoms with Crippen LogP contribution in [0.15, 0.2) is 24.5 Å². The third-order valence-electron chi connectivity index (χ3n) is 4.05. The van der Waals surface area contributed by atoms with Crippen LogP contribution < -0.4 is 21.9 Å². The number of carbonyl (C=O) groups excluding carboxylic acids is 1. The second-order valence-corrected chi connectivity index (χ2v) is 6.66. The average Bonchev–Trinajstić information content (AvgIpc) is 3.08. The van der Waals surface area contributed by atoms with Gasteiger partial charge in [-0.1, -0.05) is 36.0 Å². The highest BCUT2D eigenvalue weighted by atomic mass is 35.5. The molecule has 1 amide bonds. The van der Waals surface area contributed by atoms with Crippen molar-refractivity contribution in [3.05, 3.63) is 40.1 Å². The molecule has 0 aliphatic heterocycles. The molecule has 1 saturated carbocycles. The number of carbonyl (C=O) groups is 1. The topological polar surface area (TPSA) is 105 Å². The molecule has 3 rings (SSSR count). The molecular formula is C16H18Cl2N6O. The van der Waals surface area contributed by atoms with Gasteiger partial charge in [0.1, 0.15) is 12.0 Å². The number of nitrogens with one attached hydrogen (secondary N) is 3. The van der Waals surface area contributed by atoms with E-state index in [1.165, 1.54) is 31.3 Å². The molecule has 0 bridgehead atoms. The fourth-order valence-corrected chi connectivity index (χ4v) is 3.22. The van der Waals surface area contributed by atoms with Gasteiger partial charge < -0.3 is 11.1 Å². The molecule has 1 aromatic carbocycles. The molecule has 25 heavy (non-hydrogen) atoms. The van der Waals surface area contributed by atoms with Crippen LogP contribution in [0.2, 0.25) is 10.0 Å². The zero-order chi connectivity index (χ0) is 17.8. The Morgan fingerprint density at radius 3 is 2.60 bits per heavy atom. The van der Waals surface area contributed by atoms with Crippen LogP contribution in [0.25, 0.3) is 0 Å². The standard InChI is InChI=1S/C16H18Cl2N6O/c17-9-5-6-11(12(18)7-9)16(25)24-23-15-13(19)14(20-8-21-15)22-10-3-1-2-4-10/h5-8,10H,1-4,19H2,(H,24,25)(H2,20,21,22,23). The Morgan fingerprint density at radius 2 is 1.88 bits per heavy atom. The highest BCUT2D eigenvalue weighted by Crippen LogP contribution is 2.27. The van der Waals surface area contributed by atoms with Crippen molar-refractivity contribution in [1.29, 1.82) is 0 Å². The molecule has 1 aliphatic carbocycles. The number of nitrogens with two attached hydrogens (primary N) is 1. The maximum atomic E-state index is 12.2. The largest absolute Gasteiger partial charge is 0.393 e. The normalized spacial score (nSPS) is 14.3. The molecule has 1 aliphatic rings. The van der Waals surface area contributed by atoms with Gasteiger partial charge in [0.25, 0.3) is 5.91 Å². The van der Waals surface area contributed by atoms with Gasteiger partial charge in [0.15, 0.2) is 11.6 Å². The number of benzene rings is 1. The summed E-state index contributed by atoms with van der Waals surface area (Å²) in [7, 11) is 0. The molecule has 0 unspecified atom stereocenters. The van der Waals surface area contributed by atoms with E-state index >= 15 is 0 Å². The molecule has 0 spiro atoms. The first kappa shape index (κ1) is 17.6. The second-order valence-electron chi connectivity index (χ2n) is 5.81. The number of aromatic nitrogens is 2. The van der Waals surface area contributed by atoms with Crippen LogP contribution in [-0.4, -0.2) is 21.9 Å². The van der Waals surface area contributed by atoms with Crippen molar-refractivity contribution in [2.45, 2.75) is 31.7 Å². The number of hydrogen-bond donors (Lipinski definition) is 4. The van der Waals surface area contributed by atoms with Gasteiger partial charge in [0, 0.05) is 11.1 Å². The van der Waals surface area contributed by atoms with Crippen LogP contribution in [0.5, 0.6) is 0 Å². The van der Waals surface area contributed by atoms with E-state index in [2.05, 4.69) is 26.1 Å². The Kier molecular flexibility index (Phi) is 5.45. The third kappa shape index (κ3) is 4.24. The molecule has 1 aromatic heterocycles. The van der Waals surface area contributed by atoms with Crippen LogP contribution in [0, 0.1) is 0 Å². The lowest BCUT2D eigenvalue weighted by molar-refractivity contribution is 0.0962. The number of rotatable bonds is 5. The van der Waals surface area contributed by atoms with E-state index in [9.17, 15) is 4.79 Å². The number of nitrogens with zero attached hydrogens (tertiary/aromatic N) is 2. The highest BCUT2D eigenvalue weighted by molar-refractivity contribution is 6.36. The van der Waals surface area contributed by atoms with Gasteiger partial charge in [-0.25, -0.2) is 9.97 Å². The van der Waals surface area contributed by atoms with Crippen LogP contribution >= 0.6 is 23.2 Å². The fourth-order valence-electron chi connectivity index (χ4n) is 2.73. The summed E-state index contributed by atoms with van der Waals surface area (Å²) in [5.41, 5.74) is 12.0. The molecular weight excluding hydrogens is 363 g/mol. The summed E-state index contributed by atoms with van der Waals surface area (Å²) in [5.74, 6) is 0.446. The lowest BCUT2D eigenvalue weighted by Crippen LogP contribution is -2.30. The minimum atomic E-state index is -0.426. The van der Waals surface area contributed by atoms with Crippen LogP contribution in [0.3, 0.4) is 0 Å². The van der Waals surface area contributed by atoms with E-state index in [-0.39, 0.29) is 10.6 Å². The SMILES string of the molecule is Nc1c(NNC(=O)c2ccc(Cl)cc2Cl)ncnc1NC1CCCC1. The van der Waals surface area contributed by atoms with Gasteiger partial charge in [0.05, 0.1) is 10.6 Å². The summed E-state index contributed by atoms with van der Waals surface area (Å²) < 4.78 is 0. The Morgan fingerprint density at radius 1 is 1.16 bits per heavy atom. The van der Waals surface area contributed by atoms with Crippen molar-refractivity contribution >= 4 is 46.4 Å². The summed E-state index contributed by atoms with van der Waals surface area (Å²) in [5, 5.41) is 4.03. The Labute approximate surface area is 155 Å². The maximum Gasteiger partial charge on any atom is 0.271 e. The van der Waals surface area contributed by atoms with E-state index < -0.39 is 5.91 Å². The van der Waals surface area contributed by atoms with E-state index in [0.29, 0.717) is 28.4 Å². The number of amides is 1. The first-order chi connectivity index (χ1) is 12.0. The van der Waals surface area contributed by atoms with Crippen molar-refractivity contribution in [2.75, 3.05) is 16.5 Å². The number of hydrazine groups is 1.